The normalized spacial score (nSPS) is 11.1. The van der Waals surface area contributed by atoms with E-state index in [9.17, 15) is 4.79 Å². The Bertz CT molecular complexity index is 794. The van der Waals surface area contributed by atoms with Gasteiger partial charge in [-0.1, -0.05) is 16.8 Å². The molecule has 3 aromatic rings. The Morgan fingerprint density at radius 1 is 1.37 bits per heavy atom. The molecule has 19 heavy (non-hydrogen) atoms. The van der Waals surface area contributed by atoms with Crippen LogP contribution in [-0.2, 0) is 0 Å². The van der Waals surface area contributed by atoms with Crippen molar-refractivity contribution < 1.29 is 4.79 Å². The van der Waals surface area contributed by atoms with Crippen molar-refractivity contribution >= 4 is 40.1 Å². The molecular weight excluding hydrogens is 286 g/mol. The van der Waals surface area contributed by atoms with Crippen molar-refractivity contribution in [2.75, 3.05) is 0 Å². The van der Waals surface area contributed by atoms with Crippen LogP contribution in [0.25, 0.3) is 16.7 Å². The largest absolute Gasteiger partial charge is 0.293 e. The molecule has 0 N–H and O–H groups in total. The maximum Gasteiger partial charge on any atom is 0.181 e. The van der Waals surface area contributed by atoms with Crippen LogP contribution >= 0.6 is 23.3 Å². The summed E-state index contributed by atoms with van der Waals surface area (Å²) in [6.45, 7) is 3.22. The highest BCUT2D eigenvalue weighted by Crippen LogP contribution is 2.29. The second kappa shape index (κ2) is 4.36. The molecule has 3 rings (SSSR count). The van der Waals surface area contributed by atoms with Crippen molar-refractivity contribution in [2.24, 2.45) is 0 Å². The van der Waals surface area contributed by atoms with E-state index in [-0.39, 0.29) is 5.78 Å². The smallest absolute Gasteiger partial charge is 0.181 e. The highest BCUT2D eigenvalue weighted by molar-refractivity contribution is 7.00. The van der Waals surface area contributed by atoms with Crippen molar-refractivity contribution in [3.05, 3.63) is 28.5 Å². The van der Waals surface area contributed by atoms with Gasteiger partial charge in [0.25, 0.3) is 0 Å². The van der Waals surface area contributed by atoms with Gasteiger partial charge in [-0.2, -0.15) is 8.75 Å². The predicted molar refractivity (Wildman–Crippen MR) is 72.1 cm³/mol. The predicted octanol–water partition coefficient (Wildman–Crippen LogP) is 2.44. The first kappa shape index (κ1) is 12.2. The van der Waals surface area contributed by atoms with E-state index in [4.69, 9.17) is 11.6 Å². The van der Waals surface area contributed by atoms with Crippen LogP contribution in [0.15, 0.2) is 12.1 Å². The standard InChI is InChI=1S/C11H8ClN5OS/c1-5-9(6(2)18)13-16-17(5)11-7(12)3-4-8-10(11)15-19-14-8/h3-4H,1-2H3. The second-order valence-electron chi connectivity index (χ2n) is 4.02. The zero-order valence-corrected chi connectivity index (χ0v) is 11.7. The SMILES string of the molecule is CC(=O)c1nnn(-c2c(Cl)ccc3nsnc23)c1C. The molecule has 0 saturated carbocycles. The number of ketones is 1. The average molecular weight is 294 g/mol. The minimum absolute atomic E-state index is 0.136. The van der Waals surface area contributed by atoms with Crippen LogP contribution in [0.3, 0.4) is 0 Å². The molecule has 0 saturated heterocycles. The average Bonchev–Trinajstić information content (AvgIpc) is 2.96. The molecule has 0 amide bonds. The summed E-state index contributed by atoms with van der Waals surface area (Å²) in [6.07, 6.45) is 0. The summed E-state index contributed by atoms with van der Waals surface area (Å²) in [5.74, 6) is -0.136. The topological polar surface area (TPSA) is 73.6 Å². The minimum Gasteiger partial charge on any atom is -0.293 e. The van der Waals surface area contributed by atoms with Gasteiger partial charge in [-0.05, 0) is 19.1 Å². The number of fused-ring (bicyclic) bond motifs is 1. The van der Waals surface area contributed by atoms with E-state index < -0.39 is 0 Å². The van der Waals surface area contributed by atoms with Crippen molar-refractivity contribution in [2.45, 2.75) is 13.8 Å². The Labute approximate surface area is 117 Å². The number of carbonyl (C=O) groups excluding carboxylic acids is 1. The number of benzene rings is 1. The Kier molecular flexibility index (Phi) is 2.79. The highest BCUT2D eigenvalue weighted by atomic mass is 35.5. The van der Waals surface area contributed by atoms with Gasteiger partial charge in [-0.25, -0.2) is 4.68 Å². The molecule has 0 aliphatic heterocycles. The Morgan fingerprint density at radius 2 is 2.16 bits per heavy atom. The van der Waals surface area contributed by atoms with Gasteiger partial charge < -0.3 is 0 Å². The van der Waals surface area contributed by atoms with Gasteiger partial charge in [0.05, 0.1) is 22.4 Å². The van der Waals surface area contributed by atoms with Crippen LogP contribution in [0.1, 0.15) is 23.1 Å². The molecule has 2 heterocycles. The number of Topliss-reactive ketones (excluding diaryl/α,β-unsaturated/α-hetero) is 1. The number of aromatic nitrogens is 5. The Balaban J connectivity index is 2.33. The number of halogens is 1. The molecule has 0 spiro atoms. The molecule has 96 valence electrons. The maximum atomic E-state index is 11.4. The van der Waals surface area contributed by atoms with Gasteiger partial charge in [-0.15, -0.1) is 5.10 Å². The van der Waals surface area contributed by atoms with Crippen LogP contribution in [0.2, 0.25) is 5.02 Å². The second-order valence-corrected chi connectivity index (χ2v) is 4.96. The summed E-state index contributed by atoms with van der Waals surface area (Å²) >= 11 is 7.32. The van der Waals surface area contributed by atoms with Gasteiger partial charge in [0.15, 0.2) is 11.5 Å². The number of hydrogen-bond acceptors (Lipinski definition) is 6. The first-order valence-corrected chi connectivity index (χ1v) is 6.55. The molecule has 6 nitrogen and oxygen atoms in total. The van der Waals surface area contributed by atoms with Crippen LogP contribution in [0.5, 0.6) is 0 Å². The molecule has 0 aliphatic carbocycles. The zero-order chi connectivity index (χ0) is 13.6. The van der Waals surface area contributed by atoms with E-state index in [0.717, 1.165) is 17.2 Å². The van der Waals surface area contributed by atoms with Gasteiger partial charge in [0.1, 0.15) is 16.7 Å². The molecule has 0 atom stereocenters. The van der Waals surface area contributed by atoms with Gasteiger partial charge in [-0.3, -0.25) is 4.79 Å². The minimum atomic E-state index is -0.136. The molecule has 0 aliphatic rings. The number of nitrogens with zero attached hydrogens (tertiary/aromatic N) is 5. The fraction of sp³-hybridized carbons (Fsp3) is 0.182. The summed E-state index contributed by atoms with van der Waals surface area (Å²) in [6, 6.07) is 3.53. The molecule has 1 aromatic carbocycles. The molecule has 2 aromatic heterocycles. The van der Waals surface area contributed by atoms with Crippen LogP contribution in [0.4, 0.5) is 0 Å². The summed E-state index contributed by atoms with van der Waals surface area (Å²) in [5, 5.41) is 8.37. The van der Waals surface area contributed by atoms with E-state index in [1.807, 2.05) is 0 Å². The van der Waals surface area contributed by atoms with Crippen molar-refractivity contribution in [3.63, 3.8) is 0 Å². The molecule has 0 fully saturated rings. The number of hydrogen-bond donors (Lipinski definition) is 0. The highest BCUT2D eigenvalue weighted by Gasteiger charge is 2.19. The third-order valence-electron chi connectivity index (χ3n) is 2.79. The van der Waals surface area contributed by atoms with Crippen molar-refractivity contribution in [1.29, 1.82) is 0 Å². The Morgan fingerprint density at radius 3 is 2.84 bits per heavy atom. The quantitative estimate of drug-likeness (QED) is 0.679. The summed E-state index contributed by atoms with van der Waals surface area (Å²) in [5.41, 5.74) is 2.96. The summed E-state index contributed by atoms with van der Waals surface area (Å²) in [4.78, 5) is 11.4. The van der Waals surface area contributed by atoms with Crippen LogP contribution in [-0.4, -0.2) is 29.5 Å². The first-order valence-electron chi connectivity index (χ1n) is 5.44. The molecule has 0 radical (unpaired) electrons. The lowest BCUT2D eigenvalue weighted by Gasteiger charge is -2.06. The third kappa shape index (κ3) is 1.82. The van der Waals surface area contributed by atoms with E-state index in [1.165, 1.54) is 11.6 Å². The fourth-order valence-electron chi connectivity index (χ4n) is 1.88. The van der Waals surface area contributed by atoms with Crippen molar-refractivity contribution in [3.8, 4) is 5.69 Å². The van der Waals surface area contributed by atoms with Crippen molar-refractivity contribution in [1.82, 2.24) is 23.7 Å². The van der Waals surface area contributed by atoms with Crippen LogP contribution in [0, 0.1) is 6.92 Å². The monoisotopic (exact) mass is 293 g/mol. The van der Waals surface area contributed by atoms with Gasteiger partial charge in [0.2, 0.25) is 0 Å². The summed E-state index contributed by atoms with van der Waals surface area (Å²) in [7, 11) is 0. The third-order valence-corrected chi connectivity index (χ3v) is 3.64. The number of carbonyl (C=O) groups is 1. The molecule has 0 unspecified atom stereocenters. The molecule has 0 bridgehead atoms. The lowest BCUT2D eigenvalue weighted by molar-refractivity contribution is 0.101. The summed E-state index contributed by atoms with van der Waals surface area (Å²) < 4.78 is 9.92. The number of rotatable bonds is 2. The maximum absolute atomic E-state index is 11.4. The lowest BCUT2D eigenvalue weighted by Crippen LogP contribution is -2.03. The van der Waals surface area contributed by atoms with Crippen LogP contribution < -0.4 is 0 Å². The first-order chi connectivity index (χ1) is 9.09. The van der Waals surface area contributed by atoms with E-state index in [0.29, 0.717) is 27.6 Å². The van der Waals surface area contributed by atoms with E-state index in [2.05, 4.69) is 19.1 Å². The Hall–Kier alpha value is -1.86. The van der Waals surface area contributed by atoms with E-state index in [1.54, 1.807) is 19.1 Å². The van der Waals surface area contributed by atoms with E-state index >= 15 is 0 Å². The zero-order valence-electron chi connectivity index (χ0n) is 10.1. The van der Waals surface area contributed by atoms with Gasteiger partial charge in [0, 0.05) is 6.92 Å². The lowest BCUT2D eigenvalue weighted by atomic mass is 10.2. The molecular formula is C11H8ClN5OS. The fourth-order valence-corrected chi connectivity index (χ4v) is 2.65. The van der Waals surface area contributed by atoms with Gasteiger partial charge >= 0.3 is 0 Å². The molecule has 8 heteroatoms.